The first kappa shape index (κ1) is 11.5. The lowest BCUT2D eigenvalue weighted by atomic mass is 10.2. The lowest BCUT2D eigenvalue weighted by Gasteiger charge is -2.11. The standard InChI is InChI=1S/C14H20O2/c1-12-5-4-8-14(11-12)16-10-9-15-13-6-2-3-7-13/h4-5,8,11,13H,2-3,6-7,9-10H2,1H3. The van der Waals surface area contributed by atoms with Gasteiger partial charge in [0.25, 0.3) is 0 Å². The Labute approximate surface area is 97.6 Å². The van der Waals surface area contributed by atoms with Crippen LogP contribution in [0.5, 0.6) is 5.75 Å². The van der Waals surface area contributed by atoms with Gasteiger partial charge in [0.1, 0.15) is 12.4 Å². The number of benzene rings is 1. The van der Waals surface area contributed by atoms with Crippen molar-refractivity contribution in [3.8, 4) is 5.75 Å². The van der Waals surface area contributed by atoms with Gasteiger partial charge in [0.2, 0.25) is 0 Å². The van der Waals surface area contributed by atoms with E-state index in [2.05, 4.69) is 19.1 Å². The lowest BCUT2D eigenvalue weighted by Crippen LogP contribution is -2.13. The molecule has 0 bridgehead atoms. The topological polar surface area (TPSA) is 18.5 Å². The maximum atomic E-state index is 5.73. The molecule has 0 spiro atoms. The molecule has 2 rings (SSSR count). The molecule has 0 radical (unpaired) electrons. The predicted octanol–water partition coefficient (Wildman–Crippen LogP) is 3.33. The van der Waals surface area contributed by atoms with Crippen molar-refractivity contribution in [1.29, 1.82) is 0 Å². The van der Waals surface area contributed by atoms with E-state index >= 15 is 0 Å². The van der Waals surface area contributed by atoms with E-state index in [1.54, 1.807) is 0 Å². The van der Waals surface area contributed by atoms with Crippen molar-refractivity contribution in [2.45, 2.75) is 38.7 Å². The molecule has 0 N–H and O–H groups in total. The lowest BCUT2D eigenvalue weighted by molar-refractivity contribution is 0.0382. The Morgan fingerprint density at radius 1 is 1.19 bits per heavy atom. The van der Waals surface area contributed by atoms with Gasteiger partial charge in [-0.3, -0.25) is 0 Å². The highest BCUT2D eigenvalue weighted by atomic mass is 16.5. The molecular weight excluding hydrogens is 200 g/mol. The van der Waals surface area contributed by atoms with Crippen molar-refractivity contribution in [2.24, 2.45) is 0 Å². The summed E-state index contributed by atoms with van der Waals surface area (Å²) >= 11 is 0. The summed E-state index contributed by atoms with van der Waals surface area (Å²) in [5, 5.41) is 0. The van der Waals surface area contributed by atoms with Crippen LogP contribution < -0.4 is 4.74 Å². The Morgan fingerprint density at radius 3 is 2.75 bits per heavy atom. The van der Waals surface area contributed by atoms with E-state index in [4.69, 9.17) is 9.47 Å². The molecule has 2 nitrogen and oxygen atoms in total. The molecule has 0 atom stereocenters. The van der Waals surface area contributed by atoms with Crippen molar-refractivity contribution in [2.75, 3.05) is 13.2 Å². The van der Waals surface area contributed by atoms with E-state index in [0.717, 1.165) is 5.75 Å². The summed E-state index contributed by atoms with van der Waals surface area (Å²) in [6, 6.07) is 8.13. The van der Waals surface area contributed by atoms with Crippen LogP contribution in [-0.4, -0.2) is 19.3 Å². The smallest absolute Gasteiger partial charge is 0.119 e. The first-order valence-electron chi connectivity index (χ1n) is 6.16. The molecule has 0 unspecified atom stereocenters. The Bertz CT molecular complexity index is 316. The van der Waals surface area contributed by atoms with Crippen molar-refractivity contribution in [3.63, 3.8) is 0 Å². The van der Waals surface area contributed by atoms with Crippen LogP contribution in [0.2, 0.25) is 0 Å². The third-order valence-corrected chi connectivity index (χ3v) is 3.00. The zero-order chi connectivity index (χ0) is 11.2. The second-order valence-electron chi connectivity index (χ2n) is 4.44. The number of aryl methyl sites for hydroxylation is 1. The average molecular weight is 220 g/mol. The fourth-order valence-electron chi connectivity index (χ4n) is 2.13. The van der Waals surface area contributed by atoms with E-state index in [0.29, 0.717) is 19.3 Å². The highest BCUT2D eigenvalue weighted by molar-refractivity contribution is 5.27. The summed E-state index contributed by atoms with van der Waals surface area (Å²) in [5.74, 6) is 0.940. The highest BCUT2D eigenvalue weighted by Crippen LogP contribution is 2.20. The number of hydrogen-bond donors (Lipinski definition) is 0. The molecule has 16 heavy (non-hydrogen) atoms. The summed E-state index contributed by atoms with van der Waals surface area (Å²) in [7, 11) is 0. The van der Waals surface area contributed by atoms with Crippen molar-refractivity contribution >= 4 is 0 Å². The first-order chi connectivity index (χ1) is 7.84. The number of hydrogen-bond acceptors (Lipinski definition) is 2. The molecule has 2 heteroatoms. The molecule has 1 aliphatic rings. The van der Waals surface area contributed by atoms with E-state index in [-0.39, 0.29) is 0 Å². The summed E-state index contributed by atoms with van der Waals surface area (Å²) in [5.41, 5.74) is 1.23. The van der Waals surface area contributed by atoms with Gasteiger partial charge < -0.3 is 9.47 Å². The average Bonchev–Trinajstić information content (AvgIpc) is 2.77. The molecule has 1 aromatic rings. The first-order valence-corrected chi connectivity index (χ1v) is 6.16. The van der Waals surface area contributed by atoms with Crippen LogP contribution in [-0.2, 0) is 4.74 Å². The van der Waals surface area contributed by atoms with Gasteiger partial charge in [0, 0.05) is 0 Å². The molecule has 1 aromatic carbocycles. The third kappa shape index (κ3) is 3.53. The Hall–Kier alpha value is -1.02. The molecule has 0 aromatic heterocycles. The maximum Gasteiger partial charge on any atom is 0.119 e. The van der Waals surface area contributed by atoms with Gasteiger partial charge in [-0.25, -0.2) is 0 Å². The van der Waals surface area contributed by atoms with Gasteiger partial charge in [-0.1, -0.05) is 25.0 Å². The molecule has 1 saturated carbocycles. The van der Waals surface area contributed by atoms with Gasteiger partial charge in [-0.2, -0.15) is 0 Å². The molecule has 0 amide bonds. The second kappa shape index (κ2) is 5.90. The van der Waals surface area contributed by atoms with E-state index in [1.807, 2.05) is 12.1 Å². The van der Waals surface area contributed by atoms with Gasteiger partial charge in [-0.15, -0.1) is 0 Å². The second-order valence-corrected chi connectivity index (χ2v) is 4.44. The third-order valence-electron chi connectivity index (χ3n) is 3.00. The Balaban J connectivity index is 1.64. The van der Waals surface area contributed by atoms with Gasteiger partial charge in [-0.05, 0) is 37.5 Å². The van der Waals surface area contributed by atoms with Crippen LogP contribution in [0.4, 0.5) is 0 Å². The van der Waals surface area contributed by atoms with Gasteiger partial charge in [0.15, 0.2) is 0 Å². The Kier molecular flexibility index (Phi) is 4.23. The van der Waals surface area contributed by atoms with Crippen LogP contribution in [0.25, 0.3) is 0 Å². The molecule has 0 saturated heterocycles. The minimum absolute atomic E-state index is 0.487. The maximum absolute atomic E-state index is 5.73. The summed E-state index contributed by atoms with van der Waals surface area (Å²) < 4.78 is 11.4. The van der Waals surface area contributed by atoms with Gasteiger partial charge >= 0.3 is 0 Å². The van der Waals surface area contributed by atoms with Crippen LogP contribution in [0.1, 0.15) is 31.2 Å². The normalized spacial score (nSPS) is 16.6. The fraction of sp³-hybridized carbons (Fsp3) is 0.571. The molecule has 1 aliphatic carbocycles. The van der Waals surface area contributed by atoms with E-state index < -0.39 is 0 Å². The molecular formula is C14H20O2. The van der Waals surface area contributed by atoms with Crippen LogP contribution in [0.15, 0.2) is 24.3 Å². The monoisotopic (exact) mass is 220 g/mol. The minimum atomic E-state index is 0.487. The summed E-state index contributed by atoms with van der Waals surface area (Å²) in [4.78, 5) is 0. The zero-order valence-electron chi connectivity index (χ0n) is 9.95. The summed E-state index contributed by atoms with van der Waals surface area (Å²) in [6.07, 6.45) is 5.59. The van der Waals surface area contributed by atoms with Crippen molar-refractivity contribution in [3.05, 3.63) is 29.8 Å². The fourth-order valence-corrected chi connectivity index (χ4v) is 2.13. The van der Waals surface area contributed by atoms with Crippen LogP contribution in [0, 0.1) is 6.92 Å². The molecule has 0 heterocycles. The van der Waals surface area contributed by atoms with E-state index in [9.17, 15) is 0 Å². The number of rotatable bonds is 5. The quantitative estimate of drug-likeness (QED) is 0.709. The predicted molar refractivity (Wildman–Crippen MR) is 64.9 cm³/mol. The minimum Gasteiger partial charge on any atom is -0.491 e. The van der Waals surface area contributed by atoms with Crippen molar-refractivity contribution in [1.82, 2.24) is 0 Å². The Morgan fingerprint density at radius 2 is 2.00 bits per heavy atom. The van der Waals surface area contributed by atoms with E-state index in [1.165, 1.54) is 31.2 Å². The van der Waals surface area contributed by atoms with Gasteiger partial charge in [0.05, 0.1) is 12.7 Å². The largest absolute Gasteiger partial charge is 0.491 e. The summed E-state index contributed by atoms with van der Waals surface area (Å²) in [6.45, 7) is 3.43. The highest BCUT2D eigenvalue weighted by Gasteiger charge is 2.14. The number of ether oxygens (including phenoxy) is 2. The molecule has 88 valence electrons. The SMILES string of the molecule is Cc1cccc(OCCOC2CCCC2)c1. The van der Waals surface area contributed by atoms with Crippen LogP contribution >= 0.6 is 0 Å². The van der Waals surface area contributed by atoms with Crippen LogP contribution in [0.3, 0.4) is 0 Å². The molecule has 0 aliphatic heterocycles. The molecule has 1 fully saturated rings. The zero-order valence-corrected chi connectivity index (χ0v) is 9.95. The van der Waals surface area contributed by atoms with Crippen molar-refractivity contribution < 1.29 is 9.47 Å².